The van der Waals surface area contributed by atoms with Crippen LogP contribution in [0, 0.1) is 0 Å². The number of nitrogens with zero attached hydrogens (tertiary/aromatic N) is 1. The van der Waals surface area contributed by atoms with Gasteiger partial charge in [-0.15, -0.1) is 24.0 Å². The van der Waals surface area contributed by atoms with Gasteiger partial charge in [-0.3, -0.25) is 5.73 Å². The van der Waals surface area contributed by atoms with Crippen LogP contribution in [-0.4, -0.2) is 23.0 Å². The Morgan fingerprint density at radius 1 is 1.14 bits per heavy atom. The van der Waals surface area contributed by atoms with Crippen molar-refractivity contribution in [2.45, 2.75) is 6.17 Å². The molecule has 1 atom stereocenters. The number of nitrogens with one attached hydrogen (secondary N) is 1. The summed E-state index contributed by atoms with van der Waals surface area (Å²) >= 11 is 1.53. The van der Waals surface area contributed by atoms with E-state index in [1.165, 1.54) is 11.8 Å². The maximum absolute atomic E-state index is 6.10. The topological polar surface area (TPSA) is 50.3 Å². The van der Waals surface area contributed by atoms with Crippen molar-refractivity contribution < 1.29 is 9.31 Å². The van der Waals surface area contributed by atoms with Crippen LogP contribution in [0.2, 0.25) is 0 Å². The Hall–Kier alpha value is -1.41. The Labute approximate surface area is 151 Å². The Morgan fingerprint density at radius 2 is 1.77 bits per heavy atom. The van der Waals surface area contributed by atoms with Gasteiger partial charge in [-0.05, 0) is 42.3 Å². The van der Waals surface area contributed by atoms with E-state index in [1.54, 1.807) is 0 Å². The van der Waals surface area contributed by atoms with Crippen molar-refractivity contribution in [2.24, 2.45) is 5.73 Å². The van der Waals surface area contributed by atoms with Crippen LogP contribution in [-0.2, 0) is 0 Å². The van der Waals surface area contributed by atoms with Crippen LogP contribution >= 0.6 is 35.7 Å². The highest BCUT2D eigenvalue weighted by molar-refractivity contribution is 14.0. The third kappa shape index (κ3) is 3.17. The van der Waals surface area contributed by atoms with Crippen molar-refractivity contribution in [1.82, 2.24) is 0 Å². The smallest absolute Gasteiger partial charge is 0.305 e. The molecule has 1 aliphatic rings. The summed E-state index contributed by atoms with van der Waals surface area (Å²) in [6.45, 7) is 0. The minimum absolute atomic E-state index is 0. The lowest BCUT2D eigenvalue weighted by Gasteiger charge is -2.19. The second-order valence-corrected chi connectivity index (χ2v) is 5.66. The fourth-order valence-electron chi connectivity index (χ4n) is 2.39. The lowest BCUT2D eigenvalue weighted by molar-refractivity contribution is -0.535. The molecule has 0 spiro atoms. The molecule has 4 nitrogen and oxygen atoms in total. The zero-order valence-corrected chi connectivity index (χ0v) is 15.6. The van der Waals surface area contributed by atoms with Crippen molar-refractivity contribution in [2.75, 3.05) is 18.6 Å². The highest BCUT2D eigenvalue weighted by Gasteiger charge is 2.27. The fraction of sp³-hybridized carbons (Fsp3) is 0.188. The number of nitrogens with two attached hydrogens (primary N) is 1. The Kier molecular flexibility index (Phi) is 5.57. The van der Waals surface area contributed by atoms with Crippen LogP contribution in [0.3, 0.4) is 0 Å². The van der Waals surface area contributed by atoms with E-state index in [-0.39, 0.29) is 30.1 Å². The van der Waals surface area contributed by atoms with E-state index >= 15 is 0 Å². The molecule has 3 N–H and O–H groups in total. The Balaban J connectivity index is 0.00000176. The van der Waals surface area contributed by atoms with E-state index in [4.69, 9.17) is 10.5 Å². The zero-order chi connectivity index (χ0) is 14.8. The van der Waals surface area contributed by atoms with Gasteiger partial charge in [0, 0.05) is 0 Å². The SMILES string of the molecule is CSC(N)=[N+](C)C1Nc2ccccc2Oc2ccccc21.I. The van der Waals surface area contributed by atoms with Crippen molar-refractivity contribution in [3.63, 3.8) is 0 Å². The molecule has 1 aliphatic heterocycles. The number of thioether (sulfide) groups is 1. The molecular weight excluding hydrogens is 409 g/mol. The lowest BCUT2D eigenvalue weighted by atomic mass is 10.1. The number of ether oxygens (including phenoxy) is 1. The molecule has 0 bridgehead atoms. The van der Waals surface area contributed by atoms with Gasteiger partial charge in [0.25, 0.3) is 0 Å². The summed E-state index contributed by atoms with van der Waals surface area (Å²) in [6.07, 6.45) is 1.90. The van der Waals surface area contributed by atoms with Gasteiger partial charge in [0.1, 0.15) is 5.75 Å². The average molecular weight is 428 g/mol. The van der Waals surface area contributed by atoms with Gasteiger partial charge in [0.15, 0.2) is 11.9 Å². The van der Waals surface area contributed by atoms with Crippen molar-refractivity contribution in [3.8, 4) is 11.5 Å². The van der Waals surface area contributed by atoms with Crippen molar-refractivity contribution in [3.05, 3.63) is 54.1 Å². The maximum atomic E-state index is 6.10. The number of anilines is 1. The maximum Gasteiger partial charge on any atom is 0.305 e. The first-order valence-electron chi connectivity index (χ1n) is 6.72. The summed E-state index contributed by atoms with van der Waals surface area (Å²) in [5, 5.41) is 4.27. The summed E-state index contributed by atoms with van der Waals surface area (Å²) in [6, 6.07) is 16.0. The predicted octanol–water partition coefficient (Wildman–Crippen LogP) is 3.84. The second-order valence-electron chi connectivity index (χ2n) is 4.84. The highest BCUT2D eigenvalue weighted by atomic mass is 127. The molecule has 3 rings (SSSR count). The summed E-state index contributed by atoms with van der Waals surface area (Å²) < 4.78 is 8.07. The molecule has 0 radical (unpaired) electrons. The van der Waals surface area contributed by atoms with E-state index < -0.39 is 0 Å². The van der Waals surface area contributed by atoms with Gasteiger partial charge in [0.05, 0.1) is 18.3 Å². The summed E-state index contributed by atoms with van der Waals surface area (Å²) in [7, 11) is 1.98. The monoisotopic (exact) mass is 428 g/mol. The molecule has 0 aromatic heterocycles. The number of amidine groups is 1. The molecule has 116 valence electrons. The molecule has 0 fully saturated rings. The number of fused-ring (bicyclic) bond motifs is 2. The zero-order valence-electron chi connectivity index (χ0n) is 12.4. The number of halogens is 1. The summed E-state index contributed by atoms with van der Waals surface area (Å²) in [5.41, 5.74) is 8.12. The van der Waals surface area contributed by atoms with Crippen LogP contribution in [0.4, 0.5) is 5.69 Å². The van der Waals surface area contributed by atoms with Gasteiger partial charge in [0.2, 0.25) is 0 Å². The third-order valence-corrected chi connectivity index (χ3v) is 4.26. The largest absolute Gasteiger partial charge is 0.455 e. The van der Waals surface area contributed by atoms with E-state index in [9.17, 15) is 0 Å². The van der Waals surface area contributed by atoms with Gasteiger partial charge >= 0.3 is 5.17 Å². The minimum Gasteiger partial charge on any atom is -0.455 e. The normalized spacial score (nSPS) is 16.7. The first kappa shape index (κ1) is 17.0. The first-order chi connectivity index (χ1) is 10.2. The van der Waals surface area contributed by atoms with Crippen LogP contribution in [0.25, 0.3) is 0 Å². The molecular formula is C16H19IN3OS+. The third-order valence-electron chi connectivity index (χ3n) is 3.56. The predicted molar refractivity (Wildman–Crippen MR) is 104 cm³/mol. The number of para-hydroxylation sites is 3. The molecule has 0 amide bonds. The molecule has 1 heterocycles. The number of benzene rings is 2. The summed E-state index contributed by atoms with van der Waals surface area (Å²) in [5.74, 6) is 1.67. The molecule has 22 heavy (non-hydrogen) atoms. The molecule has 0 saturated heterocycles. The first-order valence-corrected chi connectivity index (χ1v) is 7.95. The Bertz CT molecular complexity index is 705. The van der Waals surface area contributed by atoms with E-state index in [2.05, 4.69) is 11.4 Å². The lowest BCUT2D eigenvalue weighted by Crippen LogP contribution is -2.30. The molecule has 1 unspecified atom stereocenters. The number of hydrogen-bond acceptors (Lipinski definition) is 3. The van der Waals surface area contributed by atoms with Gasteiger partial charge in [-0.2, -0.15) is 0 Å². The van der Waals surface area contributed by atoms with Gasteiger partial charge < -0.3 is 10.1 Å². The Morgan fingerprint density at radius 3 is 2.50 bits per heavy atom. The van der Waals surface area contributed by atoms with Crippen LogP contribution in [0.5, 0.6) is 11.5 Å². The average Bonchev–Trinajstić information content (AvgIpc) is 2.69. The van der Waals surface area contributed by atoms with Gasteiger partial charge in [-0.1, -0.05) is 24.3 Å². The van der Waals surface area contributed by atoms with Crippen molar-refractivity contribution >= 4 is 46.6 Å². The van der Waals surface area contributed by atoms with Crippen LogP contribution in [0.15, 0.2) is 48.5 Å². The highest BCUT2D eigenvalue weighted by Crippen LogP contribution is 2.39. The molecule has 0 aliphatic carbocycles. The second kappa shape index (κ2) is 7.23. The standard InChI is InChI=1S/C16H17N3OS.HI/c1-19(16(17)21-2)15-11-7-3-5-9-13(11)20-14-10-6-4-8-12(14)18-15;/h3-10,15,17-18H,1-2H3;1H/p+1. The van der Waals surface area contributed by atoms with E-state index in [1.807, 2.05) is 60.3 Å². The fourth-order valence-corrected chi connectivity index (χ4v) is 2.79. The van der Waals surface area contributed by atoms with Crippen molar-refractivity contribution in [1.29, 1.82) is 0 Å². The molecule has 2 aromatic carbocycles. The summed E-state index contributed by atoms with van der Waals surface area (Å²) in [4.78, 5) is 0. The molecule has 2 aromatic rings. The minimum atomic E-state index is -0.0719. The van der Waals surface area contributed by atoms with E-state index in [0.717, 1.165) is 27.9 Å². The van der Waals surface area contributed by atoms with Gasteiger partial charge in [-0.25, -0.2) is 4.58 Å². The number of rotatable bonds is 1. The molecule has 0 saturated carbocycles. The molecule has 6 heteroatoms. The van der Waals surface area contributed by atoms with Crippen LogP contribution < -0.4 is 15.8 Å². The quantitative estimate of drug-likeness (QED) is 0.314. The number of hydrogen-bond donors (Lipinski definition) is 2. The van der Waals surface area contributed by atoms with Crippen LogP contribution in [0.1, 0.15) is 11.7 Å². The van der Waals surface area contributed by atoms with E-state index in [0.29, 0.717) is 0 Å².